The second-order valence-corrected chi connectivity index (χ2v) is 5.36. The van der Waals surface area contributed by atoms with Crippen LogP contribution in [0.2, 0.25) is 0 Å². The van der Waals surface area contributed by atoms with E-state index in [1.165, 1.54) is 64.2 Å². The predicted octanol–water partition coefficient (Wildman–Crippen LogP) is 5.28. The molecule has 0 saturated carbocycles. The van der Waals surface area contributed by atoms with Crippen molar-refractivity contribution in [3.63, 3.8) is 0 Å². The van der Waals surface area contributed by atoms with Crippen molar-refractivity contribution in [2.75, 3.05) is 7.11 Å². The molecular formula is C19H34O4. The highest BCUT2D eigenvalue weighted by molar-refractivity contribution is 5.81. The summed E-state index contributed by atoms with van der Waals surface area (Å²) in [5.74, 6) is -1.11. The van der Waals surface area contributed by atoms with Crippen molar-refractivity contribution in [3.8, 4) is 0 Å². The van der Waals surface area contributed by atoms with Crippen LogP contribution in [0.3, 0.4) is 0 Å². The first kappa shape index (κ1) is 23.7. The fourth-order valence-electron chi connectivity index (χ4n) is 1.81. The first-order chi connectivity index (χ1) is 11.1. The molecule has 0 aliphatic carbocycles. The molecule has 0 spiro atoms. The second-order valence-electron chi connectivity index (χ2n) is 5.36. The van der Waals surface area contributed by atoms with Crippen LogP contribution in [0.4, 0.5) is 0 Å². The molecule has 0 atom stereocenters. The van der Waals surface area contributed by atoms with E-state index in [4.69, 9.17) is 5.11 Å². The number of ether oxygens (including phenoxy) is 1. The van der Waals surface area contributed by atoms with Gasteiger partial charge in [0.2, 0.25) is 0 Å². The summed E-state index contributed by atoms with van der Waals surface area (Å²) in [6.07, 6.45) is 17.9. The minimum absolute atomic E-state index is 0.259. The lowest BCUT2D eigenvalue weighted by atomic mass is 10.1. The molecule has 4 nitrogen and oxygen atoms in total. The van der Waals surface area contributed by atoms with Crippen LogP contribution in [0.15, 0.2) is 24.3 Å². The van der Waals surface area contributed by atoms with E-state index < -0.39 is 5.97 Å². The van der Waals surface area contributed by atoms with Crippen LogP contribution in [0.25, 0.3) is 0 Å². The minimum atomic E-state index is -0.847. The number of rotatable bonds is 12. The van der Waals surface area contributed by atoms with Crippen molar-refractivity contribution in [2.45, 2.75) is 78.1 Å². The number of carbonyl (C=O) groups excluding carboxylic acids is 1. The third kappa shape index (κ3) is 25.7. The van der Waals surface area contributed by atoms with Crippen LogP contribution in [0.5, 0.6) is 0 Å². The van der Waals surface area contributed by atoms with Crippen LogP contribution in [0.1, 0.15) is 78.1 Å². The Bertz CT molecular complexity index is 332. The molecule has 0 saturated heterocycles. The van der Waals surface area contributed by atoms with Crippen LogP contribution in [-0.4, -0.2) is 24.2 Å². The van der Waals surface area contributed by atoms with Gasteiger partial charge in [-0.05, 0) is 25.7 Å². The Labute approximate surface area is 141 Å². The molecule has 0 rings (SSSR count). The number of carboxylic acids is 1. The number of esters is 1. The van der Waals surface area contributed by atoms with Gasteiger partial charge in [-0.15, -0.1) is 0 Å². The molecule has 4 heteroatoms. The molecule has 0 amide bonds. The Morgan fingerprint density at radius 3 is 1.70 bits per heavy atom. The van der Waals surface area contributed by atoms with Crippen LogP contribution in [0, 0.1) is 0 Å². The fourth-order valence-corrected chi connectivity index (χ4v) is 1.81. The number of aliphatic carboxylic acids is 1. The molecule has 0 unspecified atom stereocenters. The van der Waals surface area contributed by atoms with Gasteiger partial charge in [-0.3, -0.25) is 0 Å². The van der Waals surface area contributed by atoms with E-state index in [2.05, 4.69) is 18.6 Å². The number of allylic oxidation sites excluding steroid dienone is 2. The zero-order valence-electron chi connectivity index (χ0n) is 15.1. The van der Waals surface area contributed by atoms with Crippen molar-refractivity contribution in [1.29, 1.82) is 0 Å². The monoisotopic (exact) mass is 326 g/mol. The molecule has 23 heavy (non-hydrogen) atoms. The van der Waals surface area contributed by atoms with Crippen molar-refractivity contribution in [2.24, 2.45) is 0 Å². The smallest absolute Gasteiger partial charge is 0.330 e. The Morgan fingerprint density at radius 1 is 0.826 bits per heavy atom. The summed E-state index contributed by atoms with van der Waals surface area (Å²) in [5.41, 5.74) is 0. The maximum absolute atomic E-state index is 10.6. The average molecular weight is 326 g/mol. The quantitative estimate of drug-likeness (QED) is 0.301. The lowest BCUT2D eigenvalue weighted by Crippen LogP contribution is -1.93. The normalized spacial score (nSPS) is 10.6. The largest absolute Gasteiger partial charge is 0.478 e. The van der Waals surface area contributed by atoms with Crippen molar-refractivity contribution >= 4 is 11.9 Å². The first-order valence-electron chi connectivity index (χ1n) is 8.72. The van der Waals surface area contributed by atoms with E-state index in [-0.39, 0.29) is 5.97 Å². The highest BCUT2D eigenvalue weighted by atomic mass is 16.5. The lowest BCUT2D eigenvalue weighted by Gasteiger charge is -1.93. The van der Waals surface area contributed by atoms with Crippen molar-refractivity contribution in [3.05, 3.63) is 24.3 Å². The minimum Gasteiger partial charge on any atom is -0.478 e. The highest BCUT2D eigenvalue weighted by Crippen LogP contribution is 2.03. The number of carboxylic acid groups (broad SMARTS) is 1. The number of methoxy groups -OCH3 is 1. The van der Waals surface area contributed by atoms with Gasteiger partial charge in [0.15, 0.2) is 0 Å². The third-order valence-corrected chi connectivity index (χ3v) is 3.16. The number of hydrogen-bond donors (Lipinski definition) is 1. The van der Waals surface area contributed by atoms with Gasteiger partial charge in [0.1, 0.15) is 0 Å². The average Bonchev–Trinajstić information content (AvgIpc) is 2.54. The maximum Gasteiger partial charge on any atom is 0.330 e. The molecule has 0 fully saturated rings. The van der Waals surface area contributed by atoms with E-state index in [1.807, 2.05) is 6.08 Å². The summed E-state index contributed by atoms with van der Waals surface area (Å²) in [5, 5.41) is 8.23. The molecule has 0 bridgehead atoms. The molecule has 0 aliphatic heterocycles. The molecule has 0 heterocycles. The van der Waals surface area contributed by atoms with Gasteiger partial charge >= 0.3 is 11.9 Å². The van der Waals surface area contributed by atoms with E-state index in [0.717, 1.165) is 19.3 Å². The molecule has 0 aliphatic rings. The summed E-state index contributed by atoms with van der Waals surface area (Å²) < 4.78 is 4.45. The third-order valence-electron chi connectivity index (χ3n) is 3.16. The standard InChI is InChI=1S/C10H18O2.C9H16O2/c1-3-4-5-6-7-8-9-10(11)12-2;1-2-3-4-5-6-7-8-9(10)11/h8-9H,3-7H2,1-2H3;7-8H,2-6H2,1H3,(H,10,11). The Hall–Kier alpha value is -1.58. The van der Waals surface area contributed by atoms with Gasteiger partial charge in [0, 0.05) is 12.2 Å². The molecular weight excluding hydrogens is 292 g/mol. The van der Waals surface area contributed by atoms with E-state index in [9.17, 15) is 9.59 Å². The summed E-state index contributed by atoms with van der Waals surface area (Å²) in [4.78, 5) is 20.6. The summed E-state index contributed by atoms with van der Waals surface area (Å²) in [6.45, 7) is 4.34. The summed E-state index contributed by atoms with van der Waals surface area (Å²) in [6, 6.07) is 0. The van der Waals surface area contributed by atoms with E-state index in [0.29, 0.717) is 0 Å². The molecule has 0 aromatic heterocycles. The SMILES string of the molecule is CCCCCCC=CC(=O)O.CCCCCCC=CC(=O)OC. The fraction of sp³-hybridized carbons (Fsp3) is 0.684. The van der Waals surface area contributed by atoms with Crippen LogP contribution in [-0.2, 0) is 14.3 Å². The summed E-state index contributed by atoms with van der Waals surface area (Å²) >= 11 is 0. The van der Waals surface area contributed by atoms with Crippen LogP contribution >= 0.6 is 0 Å². The Balaban J connectivity index is 0. The highest BCUT2D eigenvalue weighted by Gasteiger charge is 1.89. The van der Waals surface area contributed by atoms with Crippen molar-refractivity contribution < 1.29 is 19.4 Å². The molecule has 134 valence electrons. The Kier molecular flexibility index (Phi) is 21.0. The second kappa shape index (κ2) is 20.4. The number of hydrogen-bond acceptors (Lipinski definition) is 3. The lowest BCUT2D eigenvalue weighted by molar-refractivity contribution is -0.135. The molecule has 0 aromatic rings. The van der Waals surface area contributed by atoms with E-state index >= 15 is 0 Å². The van der Waals surface area contributed by atoms with Gasteiger partial charge in [-0.25, -0.2) is 9.59 Å². The molecule has 0 radical (unpaired) electrons. The van der Waals surface area contributed by atoms with Gasteiger partial charge in [-0.1, -0.05) is 64.5 Å². The van der Waals surface area contributed by atoms with Gasteiger partial charge in [0.25, 0.3) is 0 Å². The van der Waals surface area contributed by atoms with Crippen molar-refractivity contribution in [1.82, 2.24) is 0 Å². The number of unbranched alkanes of at least 4 members (excludes halogenated alkanes) is 8. The molecule has 1 N–H and O–H groups in total. The topological polar surface area (TPSA) is 63.6 Å². The maximum atomic E-state index is 10.6. The van der Waals surface area contributed by atoms with Gasteiger partial charge < -0.3 is 9.84 Å². The number of carbonyl (C=O) groups is 2. The molecule has 0 aromatic carbocycles. The Morgan fingerprint density at radius 2 is 1.30 bits per heavy atom. The first-order valence-corrected chi connectivity index (χ1v) is 8.72. The van der Waals surface area contributed by atoms with Gasteiger partial charge in [-0.2, -0.15) is 0 Å². The zero-order chi connectivity index (χ0) is 17.8. The zero-order valence-corrected chi connectivity index (χ0v) is 15.1. The van der Waals surface area contributed by atoms with E-state index in [1.54, 1.807) is 6.08 Å². The predicted molar refractivity (Wildman–Crippen MR) is 95.4 cm³/mol. The summed E-state index contributed by atoms with van der Waals surface area (Å²) in [7, 11) is 1.39. The van der Waals surface area contributed by atoms with Gasteiger partial charge in [0.05, 0.1) is 7.11 Å². The van der Waals surface area contributed by atoms with Crippen LogP contribution < -0.4 is 0 Å².